The van der Waals surface area contributed by atoms with Crippen molar-refractivity contribution in [1.82, 2.24) is 5.32 Å². The van der Waals surface area contributed by atoms with E-state index in [0.29, 0.717) is 0 Å². The average molecular weight is 517 g/mol. The standard InChI is InChI=1S/C22H32N2O12/c1-8-14(24-2)11(6-34-22-18(29)16(27)17(28)19(36-22)20(30)31)15(26)13(35-8)7-33-21(32)10-5-9(23)3-4-12(10)25/h3-5,8,11,13-19,22,24-29H,6-7,23H2,1-2H3,(H,30,31)/t8-,11+,13?,14?,15+,16-,17+,18?,19?,22+/m0/s1. The quantitative estimate of drug-likeness (QED) is 0.101. The zero-order valence-corrected chi connectivity index (χ0v) is 19.6. The maximum Gasteiger partial charge on any atom is 0.342 e. The number of nitrogen functional groups attached to an aromatic ring is 1. The highest BCUT2D eigenvalue weighted by Crippen LogP contribution is 2.30. The summed E-state index contributed by atoms with van der Waals surface area (Å²) in [4.78, 5) is 23.7. The third kappa shape index (κ3) is 5.87. The average Bonchev–Trinajstić information content (AvgIpc) is 2.83. The van der Waals surface area contributed by atoms with Crippen LogP contribution in [0.1, 0.15) is 17.3 Å². The van der Waals surface area contributed by atoms with E-state index in [-0.39, 0.29) is 30.2 Å². The van der Waals surface area contributed by atoms with E-state index in [1.54, 1.807) is 14.0 Å². The number of carbonyl (C=O) groups is 2. The van der Waals surface area contributed by atoms with E-state index in [2.05, 4.69) is 5.32 Å². The Bertz CT molecular complexity index is 932. The number of aliphatic hydroxyl groups is 4. The summed E-state index contributed by atoms with van der Waals surface area (Å²) in [5.74, 6) is -3.47. The predicted octanol–water partition coefficient (Wildman–Crippen LogP) is -2.61. The molecule has 10 atom stereocenters. The summed E-state index contributed by atoms with van der Waals surface area (Å²) in [6, 6.07) is 3.43. The van der Waals surface area contributed by atoms with Crippen molar-refractivity contribution in [2.75, 3.05) is 26.0 Å². The first-order valence-corrected chi connectivity index (χ1v) is 11.3. The highest BCUT2D eigenvalue weighted by atomic mass is 16.7. The van der Waals surface area contributed by atoms with Gasteiger partial charge in [0.25, 0.3) is 0 Å². The van der Waals surface area contributed by atoms with Crippen LogP contribution >= 0.6 is 0 Å². The lowest BCUT2D eigenvalue weighted by Gasteiger charge is -2.45. The Morgan fingerprint density at radius 2 is 1.75 bits per heavy atom. The normalized spacial score (nSPS) is 36.8. The molecule has 1 aromatic rings. The monoisotopic (exact) mass is 516 g/mol. The van der Waals surface area contributed by atoms with Crippen molar-refractivity contribution < 1.29 is 59.2 Å². The number of benzene rings is 1. The van der Waals surface area contributed by atoms with Crippen LogP contribution in [0.25, 0.3) is 0 Å². The van der Waals surface area contributed by atoms with E-state index >= 15 is 0 Å². The number of rotatable bonds is 8. The summed E-state index contributed by atoms with van der Waals surface area (Å²) in [5, 5.41) is 63.0. The molecule has 0 aromatic heterocycles. The number of hydrogen-bond acceptors (Lipinski definition) is 13. The van der Waals surface area contributed by atoms with Gasteiger partial charge in [0.05, 0.1) is 18.8 Å². The Balaban J connectivity index is 1.67. The number of phenols is 1. The van der Waals surface area contributed by atoms with Crippen LogP contribution in [0.3, 0.4) is 0 Å². The fourth-order valence-corrected chi connectivity index (χ4v) is 4.41. The van der Waals surface area contributed by atoms with E-state index < -0.39 is 72.9 Å². The first kappa shape index (κ1) is 28.0. The van der Waals surface area contributed by atoms with Gasteiger partial charge >= 0.3 is 11.9 Å². The molecule has 14 heteroatoms. The van der Waals surface area contributed by atoms with Gasteiger partial charge in [0.15, 0.2) is 12.4 Å². The Morgan fingerprint density at radius 1 is 1.06 bits per heavy atom. The molecule has 2 aliphatic rings. The molecule has 0 aliphatic carbocycles. The number of carbonyl (C=O) groups excluding carboxylic acids is 1. The van der Waals surface area contributed by atoms with Crippen LogP contribution in [-0.4, -0.2) is 118 Å². The number of aromatic hydroxyl groups is 1. The molecule has 3 rings (SSSR count). The van der Waals surface area contributed by atoms with Gasteiger partial charge in [-0.1, -0.05) is 0 Å². The molecule has 2 heterocycles. The number of phenolic OH excluding ortho intramolecular Hbond substituents is 1. The molecule has 0 spiro atoms. The highest BCUT2D eigenvalue weighted by molar-refractivity contribution is 5.93. The molecule has 2 aliphatic heterocycles. The van der Waals surface area contributed by atoms with Crippen molar-refractivity contribution >= 4 is 17.6 Å². The highest BCUT2D eigenvalue weighted by Gasteiger charge is 2.49. The van der Waals surface area contributed by atoms with Gasteiger partial charge < -0.3 is 60.6 Å². The van der Waals surface area contributed by atoms with Crippen LogP contribution in [0.15, 0.2) is 18.2 Å². The number of carboxylic acids is 1. The first-order valence-electron chi connectivity index (χ1n) is 11.3. The van der Waals surface area contributed by atoms with Gasteiger partial charge in [0.2, 0.25) is 0 Å². The van der Waals surface area contributed by atoms with Gasteiger partial charge in [0.1, 0.15) is 42.3 Å². The lowest BCUT2D eigenvalue weighted by Crippen LogP contribution is -2.62. The topological polar surface area (TPSA) is 230 Å². The molecular formula is C22H32N2O12. The van der Waals surface area contributed by atoms with Gasteiger partial charge in [-0.25, -0.2) is 9.59 Å². The Labute approximate surface area is 206 Å². The molecule has 202 valence electrons. The van der Waals surface area contributed by atoms with E-state index in [9.17, 15) is 40.2 Å². The summed E-state index contributed by atoms with van der Waals surface area (Å²) in [5.41, 5.74) is 5.73. The van der Waals surface area contributed by atoms with Crippen molar-refractivity contribution in [3.63, 3.8) is 0 Å². The van der Waals surface area contributed by atoms with E-state index in [1.807, 2.05) is 0 Å². The Kier molecular flexibility index (Phi) is 9.08. The first-order chi connectivity index (χ1) is 17.0. The third-order valence-electron chi connectivity index (χ3n) is 6.39. The van der Waals surface area contributed by atoms with Crippen LogP contribution in [0.2, 0.25) is 0 Å². The molecule has 0 saturated carbocycles. The van der Waals surface area contributed by atoms with Gasteiger partial charge in [-0.15, -0.1) is 0 Å². The predicted molar refractivity (Wildman–Crippen MR) is 120 cm³/mol. The smallest absolute Gasteiger partial charge is 0.342 e. The lowest BCUT2D eigenvalue weighted by molar-refractivity contribution is -0.301. The van der Waals surface area contributed by atoms with Crippen molar-refractivity contribution in [3.8, 4) is 5.75 Å². The summed E-state index contributed by atoms with van der Waals surface area (Å²) in [6.07, 6.45) is -11.6. The summed E-state index contributed by atoms with van der Waals surface area (Å²) in [7, 11) is 1.62. The molecule has 4 unspecified atom stereocenters. The molecule has 1 aromatic carbocycles. The van der Waals surface area contributed by atoms with Crippen molar-refractivity contribution in [3.05, 3.63) is 23.8 Å². The number of aliphatic hydroxyl groups excluding tert-OH is 4. The molecule has 2 fully saturated rings. The largest absolute Gasteiger partial charge is 0.507 e. The van der Waals surface area contributed by atoms with Crippen LogP contribution in [0.4, 0.5) is 5.69 Å². The van der Waals surface area contributed by atoms with E-state index in [4.69, 9.17) is 24.7 Å². The van der Waals surface area contributed by atoms with Gasteiger partial charge in [-0.05, 0) is 32.2 Å². The lowest BCUT2D eigenvalue weighted by atomic mass is 9.85. The number of nitrogens with two attached hydrogens (primary N) is 1. The minimum Gasteiger partial charge on any atom is -0.507 e. The molecular weight excluding hydrogens is 484 g/mol. The third-order valence-corrected chi connectivity index (χ3v) is 6.39. The second-order valence-corrected chi connectivity index (χ2v) is 8.79. The zero-order valence-electron chi connectivity index (χ0n) is 19.6. The van der Waals surface area contributed by atoms with Crippen molar-refractivity contribution in [2.24, 2.45) is 5.92 Å². The Hall–Kier alpha value is -2.56. The number of anilines is 1. The fourth-order valence-electron chi connectivity index (χ4n) is 4.41. The number of esters is 1. The molecule has 36 heavy (non-hydrogen) atoms. The molecule has 14 nitrogen and oxygen atoms in total. The van der Waals surface area contributed by atoms with E-state index in [0.717, 1.165) is 0 Å². The maximum absolute atomic E-state index is 12.4. The van der Waals surface area contributed by atoms with E-state index in [1.165, 1.54) is 18.2 Å². The Morgan fingerprint density at radius 3 is 2.39 bits per heavy atom. The van der Waals surface area contributed by atoms with Gasteiger partial charge in [-0.3, -0.25) is 0 Å². The fraction of sp³-hybridized carbons (Fsp3) is 0.636. The minimum absolute atomic E-state index is 0.154. The van der Waals surface area contributed by atoms with Crippen LogP contribution in [-0.2, 0) is 23.7 Å². The minimum atomic E-state index is -1.87. The molecule has 0 bridgehead atoms. The van der Waals surface area contributed by atoms with Crippen molar-refractivity contribution in [1.29, 1.82) is 0 Å². The number of aliphatic carboxylic acids is 1. The summed E-state index contributed by atoms with van der Waals surface area (Å²) in [6.45, 7) is 1.06. The number of ether oxygens (including phenoxy) is 4. The van der Waals surface area contributed by atoms with Gasteiger partial charge in [-0.2, -0.15) is 0 Å². The second kappa shape index (κ2) is 11.7. The second-order valence-electron chi connectivity index (χ2n) is 8.79. The molecule has 0 radical (unpaired) electrons. The number of hydrogen-bond donors (Lipinski definition) is 8. The molecule has 2 saturated heterocycles. The number of carboxylic acid groups (broad SMARTS) is 1. The van der Waals surface area contributed by atoms with Crippen molar-refractivity contribution in [2.45, 2.75) is 62.0 Å². The zero-order chi connectivity index (χ0) is 26.7. The molecule has 0 amide bonds. The SMILES string of the molecule is CNC1[C@H](C)OC(COC(=O)c2cc(N)ccc2O)[C@H](O)[C@@H]1CO[C@@H]1OC(C(=O)O)[C@H](O)[C@H](O)C1O. The molecule has 9 N–H and O–H groups in total. The summed E-state index contributed by atoms with van der Waals surface area (Å²) >= 11 is 0. The number of likely N-dealkylation sites (N-methyl/N-ethyl adjacent to an activating group) is 1. The number of nitrogens with one attached hydrogen (secondary N) is 1. The van der Waals surface area contributed by atoms with Crippen LogP contribution in [0.5, 0.6) is 5.75 Å². The maximum atomic E-state index is 12.4. The van der Waals surface area contributed by atoms with Crippen LogP contribution in [0, 0.1) is 5.92 Å². The van der Waals surface area contributed by atoms with Crippen LogP contribution < -0.4 is 11.1 Å². The van der Waals surface area contributed by atoms with Gasteiger partial charge in [0, 0.05) is 17.6 Å². The summed E-state index contributed by atoms with van der Waals surface area (Å²) < 4.78 is 21.7.